The largest absolute Gasteiger partial charge is 0.347 e. The number of thiol groups is 1. The summed E-state index contributed by atoms with van der Waals surface area (Å²) in [6.07, 6.45) is 1.81. The summed E-state index contributed by atoms with van der Waals surface area (Å²) in [6, 6.07) is 5.40. The van der Waals surface area contributed by atoms with E-state index in [-0.39, 0.29) is 11.4 Å². The number of carbonyl (C=O) groups is 1. The quantitative estimate of drug-likeness (QED) is 0.823. The van der Waals surface area contributed by atoms with Crippen molar-refractivity contribution in [2.75, 3.05) is 13.1 Å². The van der Waals surface area contributed by atoms with Crippen LogP contribution in [-0.2, 0) is 0 Å². The molecule has 1 amide bonds. The van der Waals surface area contributed by atoms with Crippen molar-refractivity contribution in [1.82, 2.24) is 9.62 Å². The number of nitrogens with one attached hydrogen (secondary N) is 1. The highest BCUT2D eigenvalue weighted by atomic mass is 35.5. The van der Waals surface area contributed by atoms with Gasteiger partial charge in [-0.3, -0.25) is 9.10 Å². The average Bonchev–Trinajstić information content (AvgIpc) is 2.36. The molecule has 1 aromatic carbocycles. The second-order valence-corrected chi connectivity index (χ2v) is 6.43. The molecule has 0 spiro atoms. The number of rotatable bonds is 2. The van der Waals surface area contributed by atoms with Crippen LogP contribution in [-0.4, -0.2) is 28.8 Å². The van der Waals surface area contributed by atoms with E-state index in [1.54, 1.807) is 12.1 Å². The Kier molecular flexibility index (Phi) is 4.43. The van der Waals surface area contributed by atoms with Crippen LogP contribution >= 0.6 is 24.4 Å². The maximum atomic E-state index is 12.4. The molecule has 1 saturated heterocycles. The van der Waals surface area contributed by atoms with Gasteiger partial charge in [-0.05, 0) is 44.4 Å². The Balaban J connectivity index is 2.10. The van der Waals surface area contributed by atoms with Crippen LogP contribution in [0.1, 0.15) is 35.7 Å². The lowest BCUT2D eigenvalue weighted by atomic mass is 9.90. The fraction of sp³-hybridized carbons (Fsp3) is 0.500. The highest BCUT2D eigenvalue weighted by Crippen LogP contribution is 2.24. The minimum atomic E-state index is -0.162. The molecule has 2 rings (SSSR count). The van der Waals surface area contributed by atoms with Gasteiger partial charge in [0, 0.05) is 29.2 Å². The Labute approximate surface area is 124 Å². The van der Waals surface area contributed by atoms with Gasteiger partial charge in [-0.15, -0.1) is 0 Å². The van der Waals surface area contributed by atoms with Crippen LogP contribution in [0.4, 0.5) is 0 Å². The van der Waals surface area contributed by atoms with Crippen molar-refractivity contribution < 1.29 is 4.79 Å². The standard InChI is InChI=1S/C14H19ClN2OS/c1-10-3-4-11(15)9-12(10)13(18)16-14(2)5-7-17(19)8-6-14/h3-4,9,19H,5-8H2,1-2H3,(H,16,18). The average molecular weight is 299 g/mol. The van der Waals surface area contributed by atoms with E-state index >= 15 is 0 Å². The lowest BCUT2D eigenvalue weighted by Crippen LogP contribution is -2.51. The monoisotopic (exact) mass is 298 g/mol. The number of halogens is 1. The van der Waals surface area contributed by atoms with E-state index in [4.69, 9.17) is 11.6 Å². The van der Waals surface area contributed by atoms with Crippen LogP contribution in [0.2, 0.25) is 5.02 Å². The Morgan fingerprint density at radius 1 is 1.42 bits per heavy atom. The summed E-state index contributed by atoms with van der Waals surface area (Å²) in [5, 5.41) is 3.73. The molecule has 19 heavy (non-hydrogen) atoms. The normalized spacial score (nSPS) is 19.2. The molecule has 1 N–H and O–H groups in total. The lowest BCUT2D eigenvalue weighted by molar-refractivity contribution is 0.0873. The number of amides is 1. The summed E-state index contributed by atoms with van der Waals surface area (Å²) in [4.78, 5) is 12.4. The van der Waals surface area contributed by atoms with Crippen molar-refractivity contribution in [3.8, 4) is 0 Å². The molecular weight excluding hydrogens is 280 g/mol. The van der Waals surface area contributed by atoms with Crippen molar-refractivity contribution in [1.29, 1.82) is 0 Å². The number of benzene rings is 1. The molecular formula is C14H19ClN2OS. The van der Waals surface area contributed by atoms with E-state index in [0.29, 0.717) is 10.6 Å². The number of piperidine rings is 1. The zero-order valence-electron chi connectivity index (χ0n) is 11.2. The topological polar surface area (TPSA) is 32.3 Å². The summed E-state index contributed by atoms with van der Waals surface area (Å²) >= 11 is 10.3. The molecule has 0 aromatic heterocycles. The Morgan fingerprint density at radius 3 is 2.68 bits per heavy atom. The molecule has 1 fully saturated rings. The fourth-order valence-electron chi connectivity index (χ4n) is 2.29. The van der Waals surface area contributed by atoms with Crippen molar-refractivity contribution >= 4 is 30.3 Å². The van der Waals surface area contributed by atoms with Gasteiger partial charge in [0.15, 0.2) is 0 Å². The minimum Gasteiger partial charge on any atom is -0.347 e. The van der Waals surface area contributed by atoms with Gasteiger partial charge in [-0.25, -0.2) is 0 Å². The number of aryl methyl sites for hydroxylation is 1. The maximum absolute atomic E-state index is 12.4. The molecule has 0 aliphatic carbocycles. The van der Waals surface area contributed by atoms with Crippen LogP contribution in [0.5, 0.6) is 0 Å². The van der Waals surface area contributed by atoms with Crippen LogP contribution in [0.3, 0.4) is 0 Å². The van der Waals surface area contributed by atoms with Gasteiger partial charge < -0.3 is 5.32 Å². The summed E-state index contributed by atoms with van der Waals surface area (Å²) in [6.45, 7) is 5.78. The summed E-state index contributed by atoms with van der Waals surface area (Å²) in [5.41, 5.74) is 1.43. The SMILES string of the molecule is Cc1ccc(Cl)cc1C(=O)NC1(C)CCN(S)CC1. The predicted molar refractivity (Wildman–Crippen MR) is 81.9 cm³/mol. The van der Waals surface area contributed by atoms with Gasteiger partial charge in [0.2, 0.25) is 0 Å². The number of hydrogen-bond acceptors (Lipinski definition) is 3. The summed E-state index contributed by atoms with van der Waals surface area (Å²) in [7, 11) is 0. The Morgan fingerprint density at radius 2 is 2.05 bits per heavy atom. The minimum absolute atomic E-state index is 0.0462. The fourth-order valence-corrected chi connectivity index (χ4v) is 2.67. The zero-order chi connectivity index (χ0) is 14.0. The first-order valence-electron chi connectivity index (χ1n) is 6.42. The summed E-state index contributed by atoms with van der Waals surface area (Å²) in [5.74, 6) is -0.0462. The molecule has 0 saturated carbocycles. The Bertz CT molecular complexity index is 484. The van der Waals surface area contributed by atoms with E-state index in [2.05, 4.69) is 25.1 Å². The highest BCUT2D eigenvalue weighted by Gasteiger charge is 2.31. The first-order valence-corrected chi connectivity index (χ1v) is 7.20. The highest BCUT2D eigenvalue weighted by molar-refractivity contribution is 7.77. The molecule has 5 heteroatoms. The van der Waals surface area contributed by atoms with E-state index in [9.17, 15) is 4.79 Å². The molecule has 1 aromatic rings. The maximum Gasteiger partial charge on any atom is 0.252 e. The van der Waals surface area contributed by atoms with Crippen molar-refractivity contribution in [3.63, 3.8) is 0 Å². The third-order valence-corrected chi connectivity index (χ3v) is 4.34. The van der Waals surface area contributed by atoms with Gasteiger partial charge in [-0.2, -0.15) is 0 Å². The number of nitrogens with zero attached hydrogens (tertiary/aromatic N) is 1. The van der Waals surface area contributed by atoms with Crippen LogP contribution < -0.4 is 5.32 Å². The molecule has 1 heterocycles. The van der Waals surface area contributed by atoms with E-state index in [0.717, 1.165) is 31.5 Å². The molecule has 1 aliphatic heterocycles. The van der Waals surface area contributed by atoms with Gasteiger partial charge in [0.05, 0.1) is 0 Å². The van der Waals surface area contributed by atoms with Crippen LogP contribution in [0.15, 0.2) is 18.2 Å². The lowest BCUT2D eigenvalue weighted by Gasteiger charge is -2.38. The number of hydrogen-bond donors (Lipinski definition) is 2. The Hall–Kier alpha value is -0.710. The molecule has 3 nitrogen and oxygen atoms in total. The second-order valence-electron chi connectivity index (χ2n) is 5.43. The van der Waals surface area contributed by atoms with E-state index in [1.165, 1.54) is 0 Å². The number of carbonyl (C=O) groups excluding carboxylic acids is 1. The van der Waals surface area contributed by atoms with Crippen LogP contribution in [0, 0.1) is 6.92 Å². The van der Waals surface area contributed by atoms with Gasteiger partial charge in [-0.1, -0.05) is 30.5 Å². The molecule has 104 valence electrons. The van der Waals surface area contributed by atoms with Gasteiger partial charge in [0.25, 0.3) is 5.91 Å². The molecule has 0 bridgehead atoms. The zero-order valence-corrected chi connectivity index (χ0v) is 12.9. The third-order valence-electron chi connectivity index (χ3n) is 3.70. The van der Waals surface area contributed by atoms with Gasteiger partial charge >= 0.3 is 0 Å². The smallest absolute Gasteiger partial charge is 0.252 e. The second kappa shape index (κ2) is 5.73. The van der Waals surface area contributed by atoms with Crippen LogP contribution in [0.25, 0.3) is 0 Å². The van der Waals surface area contributed by atoms with Crippen molar-refractivity contribution in [2.24, 2.45) is 0 Å². The van der Waals surface area contributed by atoms with E-state index in [1.807, 2.05) is 17.3 Å². The molecule has 0 atom stereocenters. The predicted octanol–water partition coefficient (Wildman–Crippen LogP) is 3.08. The molecule has 1 aliphatic rings. The first kappa shape index (κ1) is 14.7. The van der Waals surface area contributed by atoms with Gasteiger partial charge in [0.1, 0.15) is 0 Å². The van der Waals surface area contributed by atoms with E-state index < -0.39 is 0 Å². The third kappa shape index (κ3) is 3.65. The first-order chi connectivity index (χ1) is 8.89. The van der Waals surface area contributed by atoms with Crippen molar-refractivity contribution in [2.45, 2.75) is 32.2 Å². The summed E-state index contributed by atoms with van der Waals surface area (Å²) < 4.78 is 1.98. The molecule has 0 unspecified atom stereocenters. The molecule has 0 radical (unpaired) electrons. The van der Waals surface area contributed by atoms with Crippen molar-refractivity contribution in [3.05, 3.63) is 34.3 Å².